The molecule has 7 heteroatoms. The average molecular weight is 288 g/mol. The monoisotopic (exact) mass is 288 g/mol. The van der Waals surface area contributed by atoms with E-state index in [4.69, 9.17) is 5.73 Å². The molecule has 2 aromatic rings. The van der Waals surface area contributed by atoms with Crippen LogP contribution in [0.25, 0.3) is 0 Å². The summed E-state index contributed by atoms with van der Waals surface area (Å²) in [6.07, 6.45) is 0. The molecule has 0 aliphatic carbocycles. The van der Waals surface area contributed by atoms with Crippen LogP contribution in [0, 0.1) is 0 Å². The highest BCUT2D eigenvalue weighted by atomic mass is 16.3. The number of hydrogen-bond donors (Lipinski definition) is 5. The Hall–Kier alpha value is -3.22. The molecule has 0 bridgehead atoms. The number of phenolic OH excluding ortho intramolecular Hbond substituents is 3. The van der Waals surface area contributed by atoms with Gasteiger partial charge >= 0.3 is 0 Å². The first kappa shape index (κ1) is 14.2. The maximum Gasteiger partial charge on any atom is 0.259 e. The van der Waals surface area contributed by atoms with Gasteiger partial charge in [0.25, 0.3) is 5.91 Å². The molecule has 2 amide bonds. The Morgan fingerprint density at radius 2 is 1.71 bits per heavy atom. The molecule has 0 radical (unpaired) electrons. The highest BCUT2D eigenvalue weighted by molar-refractivity contribution is 6.07. The summed E-state index contributed by atoms with van der Waals surface area (Å²) in [5, 5.41) is 30.6. The van der Waals surface area contributed by atoms with Crippen molar-refractivity contribution >= 4 is 17.5 Å². The zero-order valence-corrected chi connectivity index (χ0v) is 10.7. The Kier molecular flexibility index (Phi) is 3.66. The molecule has 0 saturated heterocycles. The van der Waals surface area contributed by atoms with Gasteiger partial charge in [0, 0.05) is 11.3 Å². The molecule has 7 nitrogen and oxygen atoms in total. The second kappa shape index (κ2) is 5.41. The molecule has 0 heterocycles. The minimum atomic E-state index is -0.784. The second-order valence-electron chi connectivity index (χ2n) is 4.23. The van der Waals surface area contributed by atoms with Crippen molar-refractivity contribution in [3.05, 3.63) is 47.5 Å². The number of amides is 2. The second-order valence-corrected chi connectivity index (χ2v) is 4.23. The normalized spacial score (nSPS) is 10.1. The highest BCUT2D eigenvalue weighted by Crippen LogP contribution is 2.37. The number of rotatable bonds is 3. The Labute approximate surface area is 119 Å². The van der Waals surface area contributed by atoms with Gasteiger partial charge in [-0.15, -0.1) is 0 Å². The molecule has 108 valence electrons. The molecular weight excluding hydrogens is 276 g/mol. The lowest BCUT2D eigenvalue weighted by Gasteiger charge is -2.09. The van der Waals surface area contributed by atoms with Crippen molar-refractivity contribution in [1.29, 1.82) is 0 Å². The van der Waals surface area contributed by atoms with Gasteiger partial charge in [0.2, 0.25) is 11.7 Å². The summed E-state index contributed by atoms with van der Waals surface area (Å²) in [7, 11) is 0. The van der Waals surface area contributed by atoms with Gasteiger partial charge < -0.3 is 26.4 Å². The van der Waals surface area contributed by atoms with Crippen LogP contribution >= 0.6 is 0 Å². The summed E-state index contributed by atoms with van der Waals surface area (Å²) in [6, 6.07) is 8.15. The smallest absolute Gasteiger partial charge is 0.259 e. The highest BCUT2D eigenvalue weighted by Gasteiger charge is 2.17. The number of primary amides is 1. The van der Waals surface area contributed by atoms with Crippen molar-refractivity contribution in [1.82, 2.24) is 0 Å². The van der Waals surface area contributed by atoms with Gasteiger partial charge in [-0.05, 0) is 30.3 Å². The molecule has 0 atom stereocenters. The lowest BCUT2D eigenvalue weighted by atomic mass is 10.1. The fourth-order valence-corrected chi connectivity index (χ4v) is 1.70. The fraction of sp³-hybridized carbons (Fsp3) is 0. The molecule has 2 rings (SSSR count). The fourth-order valence-electron chi connectivity index (χ4n) is 1.70. The van der Waals surface area contributed by atoms with Crippen LogP contribution in [0.15, 0.2) is 36.4 Å². The third-order valence-electron chi connectivity index (χ3n) is 2.78. The Morgan fingerprint density at radius 3 is 2.38 bits per heavy atom. The van der Waals surface area contributed by atoms with Gasteiger partial charge in [0.15, 0.2) is 11.5 Å². The van der Waals surface area contributed by atoms with Gasteiger partial charge in [-0.25, -0.2) is 0 Å². The number of phenols is 3. The van der Waals surface area contributed by atoms with Crippen LogP contribution in [0.4, 0.5) is 5.69 Å². The first-order chi connectivity index (χ1) is 9.90. The predicted molar refractivity (Wildman–Crippen MR) is 74.3 cm³/mol. The standard InChI is InChI=1S/C14H12N2O5/c15-13(20)7-2-1-3-8(6-7)16-14(21)9-4-5-10(17)12(19)11(9)18/h1-6,17-19H,(H2,15,20)(H,16,21). The van der Waals surface area contributed by atoms with E-state index in [2.05, 4.69) is 5.32 Å². The van der Waals surface area contributed by atoms with E-state index in [0.717, 1.165) is 12.1 Å². The zero-order chi connectivity index (χ0) is 15.6. The van der Waals surface area contributed by atoms with Crippen LogP contribution in [0.1, 0.15) is 20.7 Å². The maximum absolute atomic E-state index is 12.0. The van der Waals surface area contributed by atoms with E-state index in [-0.39, 0.29) is 11.1 Å². The summed E-state index contributed by atoms with van der Waals surface area (Å²) in [5.41, 5.74) is 5.41. The number of anilines is 1. The summed E-state index contributed by atoms with van der Waals surface area (Å²) in [4.78, 5) is 23.1. The van der Waals surface area contributed by atoms with Crippen LogP contribution < -0.4 is 11.1 Å². The number of benzene rings is 2. The molecule has 21 heavy (non-hydrogen) atoms. The Morgan fingerprint density at radius 1 is 1.00 bits per heavy atom. The summed E-state index contributed by atoms with van der Waals surface area (Å²) < 4.78 is 0. The first-order valence-electron chi connectivity index (χ1n) is 5.85. The van der Waals surface area contributed by atoms with E-state index in [0.29, 0.717) is 5.69 Å². The molecule has 0 fully saturated rings. The van der Waals surface area contributed by atoms with Crippen LogP contribution in [-0.2, 0) is 0 Å². The number of hydrogen-bond acceptors (Lipinski definition) is 5. The molecule has 0 aromatic heterocycles. The van der Waals surface area contributed by atoms with Crippen LogP contribution in [0.5, 0.6) is 17.2 Å². The predicted octanol–water partition coefficient (Wildman–Crippen LogP) is 1.15. The van der Waals surface area contributed by atoms with Crippen molar-refractivity contribution in [2.45, 2.75) is 0 Å². The van der Waals surface area contributed by atoms with Gasteiger partial charge in [0.05, 0.1) is 5.56 Å². The zero-order valence-electron chi connectivity index (χ0n) is 10.7. The number of carbonyl (C=O) groups is 2. The van der Waals surface area contributed by atoms with Gasteiger partial charge in [-0.1, -0.05) is 6.07 Å². The largest absolute Gasteiger partial charge is 0.504 e. The first-order valence-corrected chi connectivity index (χ1v) is 5.85. The average Bonchev–Trinajstić information content (AvgIpc) is 2.45. The molecule has 2 aromatic carbocycles. The van der Waals surface area contributed by atoms with E-state index in [1.165, 1.54) is 24.3 Å². The molecule has 0 aliphatic rings. The van der Waals surface area contributed by atoms with Crippen LogP contribution in [0.3, 0.4) is 0 Å². The van der Waals surface area contributed by atoms with Gasteiger partial charge in [-0.2, -0.15) is 0 Å². The van der Waals surface area contributed by atoms with Crippen molar-refractivity contribution in [2.24, 2.45) is 5.73 Å². The molecule has 0 unspecified atom stereocenters. The number of nitrogens with two attached hydrogens (primary N) is 1. The SMILES string of the molecule is NC(=O)c1cccc(NC(=O)c2ccc(O)c(O)c2O)c1. The summed E-state index contributed by atoms with van der Waals surface area (Å²) >= 11 is 0. The Bertz CT molecular complexity index is 727. The third-order valence-corrected chi connectivity index (χ3v) is 2.78. The van der Waals surface area contributed by atoms with E-state index in [1.807, 2.05) is 0 Å². The van der Waals surface area contributed by atoms with Gasteiger partial charge in [0.1, 0.15) is 0 Å². The van der Waals surface area contributed by atoms with E-state index in [1.54, 1.807) is 0 Å². The molecule has 0 saturated carbocycles. The lowest BCUT2D eigenvalue weighted by Crippen LogP contribution is -2.14. The van der Waals surface area contributed by atoms with Crippen molar-refractivity contribution < 1.29 is 24.9 Å². The van der Waals surface area contributed by atoms with Gasteiger partial charge in [-0.3, -0.25) is 9.59 Å². The molecular formula is C14H12N2O5. The quantitative estimate of drug-likeness (QED) is 0.540. The third kappa shape index (κ3) is 2.86. The van der Waals surface area contributed by atoms with Crippen molar-refractivity contribution in [3.8, 4) is 17.2 Å². The minimum Gasteiger partial charge on any atom is -0.504 e. The summed E-state index contributed by atoms with van der Waals surface area (Å²) in [6.45, 7) is 0. The number of nitrogens with one attached hydrogen (secondary N) is 1. The molecule has 0 spiro atoms. The minimum absolute atomic E-state index is 0.213. The van der Waals surface area contributed by atoms with Crippen molar-refractivity contribution in [3.63, 3.8) is 0 Å². The molecule has 0 aliphatic heterocycles. The molecule has 6 N–H and O–H groups in total. The summed E-state index contributed by atoms with van der Waals surface area (Å²) in [5.74, 6) is -3.42. The van der Waals surface area contributed by atoms with Crippen LogP contribution in [-0.4, -0.2) is 27.1 Å². The van der Waals surface area contributed by atoms with Crippen molar-refractivity contribution in [2.75, 3.05) is 5.32 Å². The van der Waals surface area contributed by atoms with E-state index >= 15 is 0 Å². The number of aromatic hydroxyl groups is 3. The maximum atomic E-state index is 12.0. The van der Waals surface area contributed by atoms with E-state index < -0.39 is 29.1 Å². The van der Waals surface area contributed by atoms with Crippen LogP contribution in [0.2, 0.25) is 0 Å². The topological polar surface area (TPSA) is 133 Å². The number of carbonyl (C=O) groups excluding carboxylic acids is 2. The Balaban J connectivity index is 2.28. The van der Waals surface area contributed by atoms with E-state index in [9.17, 15) is 24.9 Å². The lowest BCUT2D eigenvalue weighted by molar-refractivity contribution is 0.0995.